The predicted octanol–water partition coefficient (Wildman–Crippen LogP) is 3.41. The molecule has 0 aliphatic carbocycles. The number of nitrogens with one attached hydrogen (secondary N) is 1. The van der Waals surface area contributed by atoms with Crippen LogP contribution in [-0.4, -0.2) is 8.42 Å². The average Bonchev–Trinajstić information content (AvgIpc) is 2.39. The maximum absolute atomic E-state index is 12.2. The molecule has 2 rings (SSSR count). The van der Waals surface area contributed by atoms with E-state index in [0.717, 1.165) is 5.56 Å². The minimum atomic E-state index is -3.52. The molecule has 0 saturated heterocycles. The van der Waals surface area contributed by atoms with Crippen LogP contribution in [0.1, 0.15) is 25.3 Å². The lowest BCUT2D eigenvalue weighted by Gasteiger charge is -2.09. The lowest BCUT2D eigenvalue weighted by Crippen LogP contribution is -2.12. The van der Waals surface area contributed by atoms with Gasteiger partial charge in [-0.15, -0.1) is 0 Å². The number of sulfonamides is 1. The van der Waals surface area contributed by atoms with Gasteiger partial charge in [0.05, 0.1) is 4.90 Å². The highest BCUT2D eigenvalue weighted by Crippen LogP contribution is 2.19. The molecule has 2 aromatic carbocycles. The molecule has 99 valence electrons. The third-order valence-electron chi connectivity index (χ3n) is 2.83. The highest BCUT2D eigenvalue weighted by molar-refractivity contribution is 7.92. The van der Waals surface area contributed by atoms with E-state index in [9.17, 15) is 8.42 Å². The van der Waals surface area contributed by atoms with Crippen LogP contribution in [0, 0.1) is 6.07 Å². The van der Waals surface area contributed by atoms with E-state index in [1.165, 1.54) is 0 Å². The molecule has 1 N–H and O–H groups in total. The first kappa shape index (κ1) is 13.6. The van der Waals surface area contributed by atoms with Crippen molar-refractivity contribution in [1.29, 1.82) is 0 Å². The second kappa shape index (κ2) is 5.45. The molecule has 4 heteroatoms. The maximum atomic E-state index is 12.2. The van der Waals surface area contributed by atoms with Crippen LogP contribution in [-0.2, 0) is 10.0 Å². The molecular formula is C15H16NO2S. The van der Waals surface area contributed by atoms with Gasteiger partial charge in [-0.05, 0) is 41.8 Å². The predicted molar refractivity (Wildman–Crippen MR) is 76.6 cm³/mol. The first-order chi connectivity index (χ1) is 8.99. The molecule has 0 heterocycles. The van der Waals surface area contributed by atoms with Crippen molar-refractivity contribution in [3.63, 3.8) is 0 Å². The van der Waals surface area contributed by atoms with Crippen molar-refractivity contribution in [3.8, 4) is 0 Å². The molecular weight excluding hydrogens is 258 g/mol. The summed E-state index contributed by atoms with van der Waals surface area (Å²) in [7, 11) is -3.52. The van der Waals surface area contributed by atoms with E-state index >= 15 is 0 Å². The quantitative estimate of drug-likeness (QED) is 0.928. The highest BCUT2D eigenvalue weighted by Gasteiger charge is 2.14. The van der Waals surface area contributed by atoms with Gasteiger partial charge in [0.1, 0.15) is 0 Å². The van der Waals surface area contributed by atoms with Gasteiger partial charge in [-0.1, -0.05) is 38.1 Å². The second-order valence-corrected chi connectivity index (χ2v) is 6.30. The van der Waals surface area contributed by atoms with Gasteiger partial charge in [-0.2, -0.15) is 0 Å². The maximum Gasteiger partial charge on any atom is 0.261 e. The number of rotatable bonds is 4. The molecule has 0 bridgehead atoms. The van der Waals surface area contributed by atoms with Crippen molar-refractivity contribution >= 4 is 15.7 Å². The van der Waals surface area contributed by atoms with Crippen LogP contribution >= 0.6 is 0 Å². The molecule has 0 atom stereocenters. The number of benzene rings is 2. The van der Waals surface area contributed by atoms with Crippen molar-refractivity contribution in [3.05, 3.63) is 60.2 Å². The first-order valence-electron chi connectivity index (χ1n) is 6.08. The smallest absolute Gasteiger partial charge is 0.261 e. The van der Waals surface area contributed by atoms with E-state index < -0.39 is 10.0 Å². The van der Waals surface area contributed by atoms with Crippen LogP contribution in [0.2, 0.25) is 0 Å². The SMILES string of the molecule is CC(C)c1ccc(S(=O)(=O)Nc2cc[c]cc2)cc1. The van der Waals surface area contributed by atoms with Crippen molar-refractivity contribution in [2.75, 3.05) is 4.72 Å². The van der Waals surface area contributed by atoms with Crippen LogP contribution in [0.4, 0.5) is 5.69 Å². The molecule has 0 aliphatic rings. The lowest BCUT2D eigenvalue weighted by atomic mass is 10.0. The Hall–Kier alpha value is -1.81. The Morgan fingerprint density at radius 1 is 1.00 bits per heavy atom. The fraction of sp³-hybridized carbons (Fsp3) is 0.200. The summed E-state index contributed by atoms with van der Waals surface area (Å²) in [6, 6.07) is 16.5. The van der Waals surface area contributed by atoms with Crippen molar-refractivity contribution in [2.45, 2.75) is 24.7 Å². The van der Waals surface area contributed by atoms with E-state index in [-0.39, 0.29) is 4.90 Å². The van der Waals surface area contributed by atoms with Gasteiger partial charge in [0.25, 0.3) is 10.0 Å². The molecule has 2 aromatic rings. The zero-order valence-corrected chi connectivity index (χ0v) is 11.7. The molecule has 0 spiro atoms. The van der Waals surface area contributed by atoms with Gasteiger partial charge in [0, 0.05) is 5.69 Å². The molecule has 0 amide bonds. The molecule has 0 unspecified atom stereocenters. The Bertz CT molecular complexity index is 632. The largest absolute Gasteiger partial charge is 0.280 e. The fourth-order valence-electron chi connectivity index (χ4n) is 1.70. The number of hydrogen-bond acceptors (Lipinski definition) is 2. The van der Waals surface area contributed by atoms with Gasteiger partial charge in [0.15, 0.2) is 0 Å². The Morgan fingerprint density at radius 3 is 2.11 bits per heavy atom. The monoisotopic (exact) mass is 274 g/mol. The molecule has 0 fully saturated rings. The summed E-state index contributed by atoms with van der Waals surface area (Å²) >= 11 is 0. The topological polar surface area (TPSA) is 46.2 Å². The summed E-state index contributed by atoms with van der Waals surface area (Å²) in [5, 5.41) is 0. The summed E-state index contributed by atoms with van der Waals surface area (Å²) < 4.78 is 26.9. The number of hydrogen-bond donors (Lipinski definition) is 1. The van der Waals surface area contributed by atoms with Crippen LogP contribution < -0.4 is 4.72 Å². The van der Waals surface area contributed by atoms with Gasteiger partial charge in [0.2, 0.25) is 0 Å². The van der Waals surface area contributed by atoms with Crippen molar-refractivity contribution in [2.24, 2.45) is 0 Å². The Kier molecular flexibility index (Phi) is 3.90. The summed E-state index contributed by atoms with van der Waals surface area (Å²) in [5.74, 6) is 0.384. The van der Waals surface area contributed by atoms with Crippen LogP contribution in [0.25, 0.3) is 0 Å². The zero-order valence-electron chi connectivity index (χ0n) is 10.9. The van der Waals surface area contributed by atoms with Gasteiger partial charge in [-0.3, -0.25) is 4.72 Å². The normalized spacial score (nSPS) is 11.5. The van der Waals surface area contributed by atoms with Gasteiger partial charge < -0.3 is 0 Å². The Morgan fingerprint density at radius 2 is 1.58 bits per heavy atom. The van der Waals surface area contributed by atoms with Crippen molar-refractivity contribution < 1.29 is 8.42 Å². The fourth-order valence-corrected chi connectivity index (χ4v) is 2.76. The summed E-state index contributed by atoms with van der Waals surface area (Å²) in [5.41, 5.74) is 1.65. The minimum Gasteiger partial charge on any atom is -0.280 e. The van der Waals surface area contributed by atoms with Crippen LogP contribution in [0.5, 0.6) is 0 Å². The van der Waals surface area contributed by atoms with E-state index in [1.807, 2.05) is 12.1 Å². The van der Waals surface area contributed by atoms with Crippen LogP contribution in [0.15, 0.2) is 53.4 Å². The Labute approximate surface area is 114 Å². The first-order valence-corrected chi connectivity index (χ1v) is 7.56. The third kappa shape index (κ3) is 3.35. The van der Waals surface area contributed by atoms with E-state index in [4.69, 9.17) is 0 Å². The van der Waals surface area contributed by atoms with E-state index in [2.05, 4.69) is 24.6 Å². The molecule has 0 saturated carbocycles. The van der Waals surface area contributed by atoms with Gasteiger partial charge in [-0.25, -0.2) is 8.42 Å². The second-order valence-electron chi connectivity index (χ2n) is 4.62. The van der Waals surface area contributed by atoms with Crippen LogP contribution in [0.3, 0.4) is 0 Å². The summed E-state index contributed by atoms with van der Waals surface area (Å²) in [6.07, 6.45) is 0. The molecule has 0 aliphatic heterocycles. The summed E-state index contributed by atoms with van der Waals surface area (Å²) in [6.45, 7) is 4.14. The van der Waals surface area contributed by atoms with E-state index in [0.29, 0.717) is 11.6 Å². The standard InChI is InChI=1S/C15H16NO2S/c1-12(2)13-8-10-15(11-9-13)19(17,18)16-14-6-4-3-5-7-14/h4-12,16H,1-2H3. The number of anilines is 1. The summed E-state index contributed by atoms with van der Waals surface area (Å²) in [4.78, 5) is 0.268. The zero-order chi connectivity index (χ0) is 13.9. The van der Waals surface area contributed by atoms with Crippen molar-refractivity contribution in [1.82, 2.24) is 0 Å². The Balaban J connectivity index is 2.25. The van der Waals surface area contributed by atoms with Gasteiger partial charge >= 0.3 is 0 Å². The van der Waals surface area contributed by atoms with E-state index in [1.54, 1.807) is 36.4 Å². The molecule has 19 heavy (non-hydrogen) atoms. The highest BCUT2D eigenvalue weighted by atomic mass is 32.2. The average molecular weight is 274 g/mol. The molecule has 0 aromatic heterocycles. The lowest BCUT2D eigenvalue weighted by molar-refractivity contribution is 0.601. The molecule has 1 radical (unpaired) electrons. The third-order valence-corrected chi connectivity index (χ3v) is 4.22. The molecule has 3 nitrogen and oxygen atoms in total. The minimum absolute atomic E-state index is 0.268.